The molecular weight excluding hydrogens is 330 g/mol. The molecule has 134 valence electrons. The van der Waals surface area contributed by atoms with E-state index in [4.69, 9.17) is 5.10 Å². The van der Waals surface area contributed by atoms with Gasteiger partial charge in [-0.2, -0.15) is 15.2 Å². The van der Waals surface area contributed by atoms with Gasteiger partial charge >= 0.3 is 0 Å². The third-order valence-electron chi connectivity index (χ3n) is 6.05. The van der Waals surface area contributed by atoms with Crippen LogP contribution in [-0.4, -0.2) is 35.8 Å². The van der Waals surface area contributed by atoms with Gasteiger partial charge in [0, 0.05) is 23.4 Å². The largest absolute Gasteiger partial charge is 0.293 e. The maximum absolute atomic E-state index is 12.7. The number of nitriles is 1. The highest BCUT2D eigenvalue weighted by Gasteiger charge is 2.55. The Bertz CT molecular complexity index is 1000. The summed E-state index contributed by atoms with van der Waals surface area (Å²) in [6.07, 6.45) is 3.46. The zero-order valence-corrected chi connectivity index (χ0v) is 15.6. The van der Waals surface area contributed by atoms with E-state index in [1.807, 2.05) is 27.0 Å². The lowest BCUT2D eigenvalue weighted by Crippen LogP contribution is -2.51. The molecule has 0 saturated heterocycles. The Kier molecular flexibility index (Phi) is 3.26. The topological polar surface area (TPSA) is 102 Å². The van der Waals surface area contributed by atoms with Crippen LogP contribution in [0.2, 0.25) is 0 Å². The van der Waals surface area contributed by atoms with Gasteiger partial charge < -0.3 is 0 Å². The van der Waals surface area contributed by atoms with Gasteiger partial charge in [-0.25, -0.2) is 0 Å². The molecule has 4 rings (SSSR count). The van der Waals surface area contributed by atoms with Crippen molar-refractivity contribution in [3.05, 3.63) is 22.9 Å². The number of carbonyl (C=O) groups excluding carboxylic acids is 1. The Balaban J connectivity index is 1.96. The molecule has 2 aliphatic rings. The summed E-state index contributed by atoms with van der Waals surface area (Å²) in [7, 11) is 3.60. The van der Waals surface area contributed by atoms with E-state index in [9.17, 15) is 10.1 Å². The molecule has 0 fully saturated rings. The highest BCUT2D eigenvalue weighted by atomic mass is 16.1. The normalized spacial score (nSPS) is 26.7. The summed E-state index contributed by atoms with van der Waals surface area (Å²) in [5, 5.41) is 26.7. The number of ketones is 1. The van der Waals surface area contributed by atoms with Gasteiger partial charge in [0.05, 0.1) is 18.3 Å². The van der Waals surface area contributed by atoms with Crippen LogP contribution in [0.5, 0.6) is 0 Å². The Hall–Kier alpha value is -2.82. The zero-order chi connectivity index (χ0) is 18.9. The van der Waals surface area contributed by atoms with Gasteiger partial charge in [-0.1, -0.05) is 26.8 Å². The van der Waals surface area contributed by atoms with E-state index in [0.717, 1.165) is 29.8 Å². The molecule has 8 heteroatoms. The molecule has 2 aliphatic carbocycles. The molecule has 2 heterocycles. The van der Waals surface area contributed by atoms with E-state index < -0.39 is 10.8 Å². The standard InChI is InChI=1S/C18H21N7O/c1-17(2)12-7-6-11-13(16-20-23-25(5)22-16)24(4)21-14(11)18(12,3)8-10(9-19)15(17)26/h8,12H,6-7H2,1-5H3/t12?,18-/m0/s1. The van der Waals surface area contributed by atoms with Crippen molar-refractivity contribution in [3.8, 4) is 17.6 Å². The summed E-state index contributed by atoms with van der Waals surface area (Å²) in [6.45, 7) is 5.98. The Morgan fingerprint density at radius 3 is 2.62 bits per heavy atom. The number of allylic oxidation sites excluding steroid dienone is 2. The van der Waals surface area contributed by atoms with Crippen molar-refractivity contribution in [2.45, 2.75) is 39.0 Å². The van der Waals surface area contributed by atoms with Crippen LogP contribution >= 0.6 is 0 Å². The summed E-state index contributed by atoms with van der Waals surface area (Å²) in [4.78, 5) is 14.2. The second-order valence-corrected chi connectivity index (χ2v) is 8.00. The molecular formula is C18H21N7O. The molecule has 2 aromatic rings. The van der Waals surface area contributed by atoms with E-state index in [1.54, 1.807) is 11.7 Å². The molecule has 2 atom stereocenters. The third-order valence-corrected chi connectivity index (χ3v) is 6.05. The maximum Gasteiger partial charge on any atom is 0.223 e. The number of aryl methyl sites for hydroxylation is 2. The van der Waals surface area contributed by atoms with Crippen molar-refractivity contribution < 1.29 is 4.79 Å². The van der Waals surface area contributed by atoms with Crippen molar-refractivity contribution in [1.29, 1.82) is 5.26 Å². The first kappa shape index (κ1) is 16.6. The minimum atomic E-state index is -0.602. The number of fused-ring (bicyclic) bond motifs is 3. The van der Waals surface area contributed by atoms with Gasteiger partial charge in [0.25, 0.3) is 0 Å². The SMILES string of the molecule is Cn1nnc(-c2c3c(nn2C)[C@@]2(C)C=C(C#N)C(=O)C(C)(C)C2CC3)n1. The lowest BCUT2D eigenvalue weighted by atomic mass is 9.52. The van der Waals surface area contributed by atoms with Crippen LogP contribution in [0.4, 0.5) is 0 Å². The first-order valence-electron chi connectivity index (χ1n) is 8.68. The number of Topliss-reactive ketones (excluding diaryl/α,β-unsaturated/α-hetero) is 1. The Morgan fingerprint density at radius 2 is 2.00 bits per heavy atom. The van der Waals surface area contributed by atoms with Gasteiger partial charge in [0.15, 0.2) is 5.78 Å². The molecule has 0 aliphatic heterocycles. The summed E-state index contributed by atoms with van der Waals surface area (Å²) in [5.74, 6) is 0.559. The molecule has 0 spiro atoms. The van der Waals surface area contributed by atoms with Gasteiger partial charge in [-0.3, -0.25) is 9.48 Å². The van der Waals surface area contributed by atoms with Gasteiger partial charge in [0.1, 0.15) is 11.8 Å². The lowest BCUT2D eigenvalue weighted by Gasteiger charge is -2.49. The molecule has 2 aromatic heterocycles. The number of hydrogen-bond acceptors (Lipinski definition) is 6. The molecule has 0 aromatic carbocycles. The minimum absolute atomic E-state index is 0.0716. The predicted molar refractivity (Wildman–Crippen MR) is 92.6 cm³/mol. The van der Waals surface area contributed by atoms with Gasteiger partial charge in [-0.15, -0.1) is 10.2 Å². The smallest absolute Gasteiger partial charge is 0.223 e. The average molecular weight is 351 g/mol. The van der Waals surface area contributed by atoms with Crippen LogP contribution in [0.15, 0.2) is 11.6 Å². The molecule has 26 heavy (non-hydrogen) atoms. The summed E-state index contributed by atoms with van der Waals surface area (Å²) in [6, 6.07) is 2.09. The Morgan fingerprint density at radius 1 is 1.27 bits per heavy atom. The van der Waals surface area contributed by atoms with Crippen molar-refractivity contribution in [2.24, 2.45) is 25.4 Å². The first-order valence-corrected chi connectivity index (χ1v) is 8.68. The molecule has 8 nitrogen and oxygen atoms in total. The fourth-order valence-electron chi connectivity index (χ4n) is 4.88. The second kappa shape index (κ2) is 5.10. The predicted octanol–water partition coefficient (Wildman–Crippen LogP) is 1.49. The molecule has 0 amide bonds. The minimum Gasteiger partial charge on any atom is -0.293 e. The van der Waals surface area contributed by atoms with E-state index in [2.05, 4.69) is 28.4 Å². The van der Waals surface area contributed by atoms with Crippen molar-refractivity contribution in [2.75, 3.05) is 0 Å². The molecule has 0 saturated carbocycles. The van der Waals surface area contributed by atoms with Crippen molar-refractivity contribution in [1.82, 2.24) is 30.0 Å². The molecule has 0 radical (unpaired) electrons. The summed E-state index contributed by atoms with van der Waals surface area (Å²) in [5.41, 5.74) is 1.99. The number of aromatic nitrogens is 6. The fourth-order valence-corrected chi connectivity index (χ4v) is 4.88. The van der Waals surface area contributed by atoms with E-state index in [-0.39, 0.29) is 17.3 Å². The zero-order valence-electron chi connectivity index (χ0n) is 15.6. The Labute approximate surface area is 151 Å². The van der Waals surface area contributed by atoms with Crippen LogP contribution in [0.3, 0.4) is 0 Å². The highest BCUT2D eigenvalue weighted by Crippen LogP contribution is 2.55. The maximum atomic E-state index is 12.7. The summed E-state index contributed by atoms with van der Waals surface area (Å²) < 4.78 is 1.79. The quantitative estimate of drug-likeness (QED) is 0.771. The number of nitrogens with zero attached hydrogens (tertiary/aromatic N) is 7. The molecule has 0 bridgehead atoms. The van der Waals surface area contributed by atoms with Gasteiger partial charge in [-0.05, 0) is 24.0 Å². The van der Waals surface area contributed by atoms with Crippen LogP contribution in [-0.2, 0) is 30.7 Å². The number of tetrazole rings is 1. The monoisotopic (exact) mass is 351 g/mol. The molecule has 0 N–H and O–H groups in total. The third kappa shape index (κ3) is 1.97. The lowest BCUT2D eigenvalue weighted by molar-refractivity contribution is -0.128. The first-order chi connectivity index (χ1) is 12.2. The van der Waals surface area contributed by atoms with Crippen LogP contribution in [0.1, 0.15) is 38.4 Å². The van der Waals surface area contributed by atoms with Crippen molar-refractivity contribution >= 4 is 5.78 Å². The average Bonchev–Trinajstić information content (AvgIpc) is 3.14. The number of hydrogen-bond donors (Lipinski definition) is 0. The second-order valence-electron chi connectivity index (χ2n) is 8.00. The van der Waals surface area contributed by atoms with Crippen LogP contribution < -0.4 is 0 Å². The van der Waals surface area contributed by atoms with Crippen LogP contribution in [0, 0.1) is 22.7 Å². The molecule has 1 unspecified atom stereocenters. The number of rotatable bonds is 1. The van der Waals surface area contributed by atoms with E-state index in [0.29, 0.717) is 5.82 Å². The number of carbonyl (C=O) groups is 1. The summed E-state index contributed by atoms with van der Waals surface area (Å²) >= 11 is 0. The van der Waals surface area contributed by atoms with E-state index in [1.165, 1.54) is 4.80 Å². The highest BCUT2D eigenvalue weighted by molar-refractivity contribution is 6.04. The van der Waals surface area contributed by atoms with Crippen molar-refractivity contribution in [3.63, 3.8) is 0 Å². The van der Waals surface area contributed by atoms with E-state index >= 15 is 0 Å². The van der Waals surface area contributed by atoms with Crippen LogP contribution in [0.25, 0.3) is 11.5 Å². The van der Waals surface area contributed by atoms with Gasteiger partial charge in [0.2, 0.25) is 5.82 Å². The fraction of sp³-hybridized carbons (Fsp3) is 0.556.